The van der Waals surface area contributed by atoms with Gasteiger partial charge in [-0.05, 0) is 96.0 Å². The molecule has 0 bridgehead atoms. The Hall–Kier alpha value is -3.57. The minimum absolute atomic E-state index is 0.115. The molecular weight excluding hydrogens is 516 g/mol. The lowest BCUT2D eigenvalue weighted by Crippen LogP contribution is -2.19. The van der Waals surface area contributed by atoms with Crippen LogP contribution in [0.25, 0.3) is 0 Å². The third-order valence-electron chi connectivity index (χ3n) is 8.16. The third kappa shape index (κ3) is 6.26. The number of aliphatic hydroxyl groups excluding tert-OH is 1. The number of hydrogen-bond donors (Lipinski definition) is 5. The number of rotatable bonds is 8. The van der Waals surface area contributed by atoms with Gasteiger partial charge in [0.15, 0.2) is 0 Å². The van der Waals surface area contributed by atoms with E-state index in [9.17, 15) is 20.4 Å². The molecule has 212 valence electrons. The van der Waals surface area contributed by atoms with Crippen LogP contribution in [0.1, 0.15) is 73.6 Å². The molecule has 0 saturated carbocycles. The van der Waals surface area contributed by atoms with Crippen molar-refractivity contribution in [3.63, 3.8) is 0 Å². The average molecular weight is 559 g/mol. The molecule has 0 aliphatic rings. The van der Waals surface area contributed by atoms with Gasteiger partial charge in [-0.1, -0.05) is 70.7 Å². The first kappa shape index (κ1) is 31.0. The van der Waals surface area contributed by atoms with Crippen LogP contribution in [0.15, 0.2) is 83.0 Å². The zero-order valence-electron chi connectivity index (χ0n) is 24.8. The summed E-state index contributed by atoms with van der Waals surface area (Å²) in [6, 6.07) is 13.4. The average Bonchev–Trinajstić information content (AvgIpc) is 2.88. The van der Waals surface area contributed by atoms with Gasteiger partial charge in [-0.3, -0.25) is 0 Å². The van der Waals surface area contributed by atoms with E-state index in [1.165, 1.54) is 0 Å². The molecule has 3 aromatic carbocycles. The van der Waals surface area contributed by atoms with E-state index in [-0.39, 0.29) is 28.4 Å². The molecule has 0 atom stereocenters. The monoisotopic (exact) mass is 558 g/mol. The fraction of sp³-hybridized carbons (Fsp3) is 0.314. The topological polar surface area (TPSA) is 80.9 Å². The summed E-state index contributed by atoms with van der Waals surface area (Å²) < 4.78 is 0. The fourth-order valence-corrected chi connectivity index (χ4v) is 5.09. The summed E-state index contributed by atoms with van der Waals surface area (Å²) in [5.41, 5.74) is 6.79. The lowest BCUT2D eigenvalue weighted by atomic mass is 9.76. The Bertz CT molecular complexity index is 1500. The zero-order chi connectivity index (χ0) is 30.2. The van der Waals surface area contributed by atoms with E-state index < -0.39 is 5.41 Å². The molecule has 3 rings (SSSR count). The molecule has 0 radical (unpaired) electrons. The summed E-state index contributed by atoms with van der Waals surface area (Å²) >= 11 is 4.39. The van der Waals surface area contributed by atoms with Crippen LogP contribution in [0.4, 0.5) is 0 Å². The van der Waals surface area contributed by atoms with Crippen molar-refractivity contribution in [1.29, 1.82) is 0 Å². The maximum atomic E-state index is 10.9. The van der Waals surface area contributed by atoms with Gasteiger partial charge in [0, 0.05) is 22.1 Å². The number of hydrogen-bond acceptors (Lipinski definition) is 5. The first-order chi connectivity index (χ1) is 18.5. The Morgan fingerprint density at radius 2 is 1.38 bits per heavy atom. The van der Waals surface area contributed by atoms with E-state index >= 15 is 0 Å². The largest absolute Gasteiger partial charge is 0.508 e. The highest BCUT2D eigenvalue weighted by Crippen LogP contribution is 2.39. The number of thiol groups is 1. The van der Waals surface area contributed by atoms with Crippen LogP contribution in [-0.2, 0) is 17.3 Å². The molecule has 0 saturated heterocycles. The molecule has 3 aromatic rings. The number of benzene rings is 3. The molecule has 5 heteroatoms. The maximum absolute atomic E-state index is 10.9. The quantitative estimate of drug-likeness (QED) is 0.109. The summed E-state index contributed by atoms with van der Waals surface area (Å²) in [6.07, 6.45) is 3.82. The zero-order valence-corrected chi connectivity index (χ0v) is 25.7. The molecule has 40 heavy (non-hydrogen) atoms. The molecule has 0 heterocycles. The van der Waals surface area contributed by atoms with Gasteiger partial charge in [0.05, 0.1) is 0 Å². The molecule has 0 fully saturated rings. The van der Waals surface area contributed by atoms with Gasteiger partial charge in [0.2, 0.25) is 0 Å². The number of phenols is 3. The predicted molar refractivity (Wildman–Crippen MR) is 168 cm³/mol. The van der Waals surface area contributed by atoms with Crippen LogP contribution < -0.4 is 0 Å². The summed E-state index contributed by atoms with van der Waals surface area (Å²) in [7, 11) is 0. The number of aryl methyl sites for hydroxylation is 3. The van der Waals surface area contributed by atoms with Crippen molar-refractivity contribution in [1.82, 2.24) is 0 Å². The highest BCUT2D eigenvalue weighted by Gasteiger charge is 2.26. The normalized spacial score (nSPS) is 13.0. The Morgan fingerprint density at radius 3 is 1.98 bits per heavy atom. The maximum Gasteiger partial charge on any atom is 0.131 e. The second-order valence-electron chi connectivity index (χ2n) is 11.9. The van der Waals surface area contributed by atoms with Crippen LogP contribution >= 0.6 is 12.6 Å². The fourth-order valence-electron chi connectivity index (χ4n) is 4.77. The SMILES string of the molecule is C=C(/C=C\C(O)=C(/C)Cc1cc(C(C)(C)c2ccc(O)c(C)c2)cc(C)c1O)C(C)(C)c1cc(C)c(O)c(S)c1. The van der Waals surface area contributed by atoms with Crippen LogP contribution in [0.2, 0.25) is 0 Å². The minimum Gasteiger partial charge on any atom is -0.508 e. The Morgan fingerprint density at radius 1 is 0.800 bits per heavy atom. The molecule has 0 aliphatic carbocycles. The molecule has 0 aliphatic heterocycles. The van der Waals surface area contributed by atoms with Gasteiger partial charge in [-0.25, -0.2) is 0 Å². The third-order valence-corrected chi connectivity index (χ3v) is 8.50. The number of aliphatic hydroxyl groups is 1. The second-order valence-corrected chi connectivity index (χ2v) is 12.4. The summed E-state index contributed by atoms with van der Waals surface area (Å²) in [6.45, 7) is 20.0. The van der Waals surface area contributed by atoms with Crippen molar-refractivity contribution >= 4 is 12.6 Å². The lowest BCUT2D eigenvalue weighted by molar-refractivity contribution is 0.422. The van der Waals surface area contributed by atoms with E-state index in [1.54, 1.807) is 18.2 Å². The highest BCUT2D eigenvalue weighted by molar-refractivity contribution is 7.80. The van der Waals surface area contributed by atoms with Crippen LogP contribution in [0.5, 0.6) is 17.2 Å². The second kappa shape index (κ2) is 11.5. The van der Waals surface area contributed by atoms with Crippen molar-refractivity contribution in [3.8, 4) is 17.2 Å². The van der Waals surface area contributed by atoms with E-state index in [2.05, 4.69) is 33.1 Å². The van der Waals surface area contributed by atoms with Gasteiger partial charge in [-0.15, -0.1) is 12.6 Å². The Kier molecular flexibility index (Phi) is 8.90. The van der Waals surface area contributed by atoms with Crippen molar-refractivity contribution < 1.29 is 20.4 Å². The molecule has 4 nitrogen and oxygen atoms in total. The smallest absolute Gasteiger partial charge is 0.131 e. The van der Waals surface area contributed by atoms with Gasteiger partial charge in [0.1, 0.15) is 23.0 Å². The van der Waals surface area contributed by atoms with E-state index in [0.29, 0.717) is 16.9 Å². The number of phenolic OH excluding ortho intramolecular Hbond substituents is 3. The lowest BCUT2D eigenvalue weighted by Gasteiger charge is -2.28. The number of allylic oxidation sites excluding steroid dienone is 4. The van der Waals surface area contributed by atoms with E-state index in [4.69, 9.17) is 0 Å². The highest BCUT2D eigenvalue weighted by atomic mass is 32.1. The van der Waals surface area contributed by atoms with Crippen molar-refractivity contribution in [2.45, 2.75) is 77.5 Å². The van der Waals surface area contributed by atoms with Gasteiger partial charge in [-0.2, -0.15) is 0 Å². The van der Waals surface area contributed by atoms with Gasteiger partial charge < -0.3 is 20.4 Å². The van der Waals surface area contributed by atoms with Gasteiger partial charge in [0.25, 0.3) is 0 Å². The van der Waals surface area contributed by atoms with E-state index in [1.807, 2.05) is 77.9 Å². The Balaban J connectivity index is 1.89. The molecule has 0 unspecified atom stereocenters. The molecule has 4 N–H and O–H groups in total. The standard InChI is InChI=1S/C35H42O4S/c1-20(29(36)12-10-24(5)34(6,7)28-17-23(4)33(39)31(40)19-28)14-25-18-27(16-22(3)32(25)38)35(8,9)26-11-13-30(37)21(2)15-26/h10-13,15-19,36-40H,5,14H2,1-4,6-9H3/b12-10-,29-20-. The summed E-state index contributed by atoms with van der Waals surface area (Å²) in [5, 5.41) is 41.9. The van der Waals surface area contributed by atoms with Crippen molar-refractivity contribution in [3.05, 3.63) is 117 Å². The Labute approximate surface area is 244 Å². The van der Waals surface area contributed by atoms with Crippen LogP contribution in [-0.4, -0.2) is 20.4 Å². The number of aromatic hydroxyl groups is 3. The van der Waals surface area contributed by atoms with Crippen LogP contribution in [0, 0.1) is 20.8 Å². The van der Waals surface area contributed by atoms with Crippen molar-refractivity contribution in [2.75, 3.05) is 0 Å². The van der Waals surface area contributed by atoms with E-state index in [0.717, 1.165) is 44.5 Å². The molecule has 0 spiro atoms. The van der Waals surface area contributed by atoms with Crippen molar-refractivity contribution in [2.24, 2.45) is 0 Å². The predicted octanol–water partition coefficient (Wildman–Crippen LogP) is 8.81. The first-order valence-corrected chi connectivity index (χ1v) is 13.8. The summed E-state index contributed by atoms with van der Waals surface area (Å²) in [5.74, 6) is 0.768. The first-order valence-electron chi connectivity index (χ1n) is 13.4. The van der Waals surface area contributed by atoms with Crippen LogP contribution in [0.3, 0.4) is 0 Å². The molecular formula is C35H42O4S. The minimum atomic E-state index is -0.456. The molecule has 0 amide bonds. The molecule has 0 aromatic heterocycles. The van der Waals surface area contributed by atoms with Gasteiger partial charge >= 0.3 is 0 Å². The summed E-state index contributed by atoms with van der Waals surface area (Å²) in [4.78, 5) is 0.513.